The molecule has 0 fully saturated rings. The van der Waals surface area contributed by atoms with Crippen molar-refractivity contribution >= 4 is 38.1 Å². The van der Waals surface area contributed by atoms with Crippen molar-refractivity contribution in [1.29, 1.82) is 0 Å². The molecule has 0 amide bonds. The zero-order valence-electron chi connectivity index (χ0n) is 8.84. The molecule has 0 aliphatic carbocycles. The Bertz CT molecular complexity index is 637. The lowest BCUT2D eigenvalue weighted by Crippen LogP contribution is -2.12. The highest BCUT2D eigenvalue weighted by Crippen LogP contribution is 2.21. The molecule has 1 aromatic carbocycles. The van der Waals surface area contributed by atoms with Crippen molar-refractivity contribution in [3.8, 4) is 0 Å². The van der Waals surface area contributed by atoms with Gasteiger partial charge in [-0.25, -0.2) is 13.4 Å². The summed E-state index contributed by atoms with van der Waals surface area (Å²) in [6.07, 6.45) is 0. The van der Waals surface area contributed by atoms with E-state index in [0.29, 0.717) is 10.2 Å². The van der Waals surface area contributed by atoms with Crippen molar-refractivity contribution < 1.29 is 8.42 Å². The van der Waals surface area contributed by atoms with Gasteiger partial charge in [0.05, 0.1) is 10.6 Å². The first-order valence-electron chi connectivity index (χ1n) is 4.68. The van der Waals surface area contributed by atoms with Crippen LogP contribution in [0.3, 0.4) is 0 Å². The third-order valence-electron chi connectivity index (χ3n) is 1.95. The number of anilines is 1. The second kappa shape index (κ2) is 4.64. The van der Waals surface area contributed by atoms with Crippen molar-refractivity contribution in [2.45, 2.75) is 11.8 Å². The summed E-state index contributed by atoms with van der Waals surface area (Å²) < 4.78 is 26.3. The van der Waals surface area contributed by atoms with Gasteiger partial charge in [0, 0.05) is 10.4 Å². The molecule has 0 radical (unpaired) electrons. The van der Waals surface area contributed by atoms with Gasteiger partial charge in [-0.1, -0.05) is 17.7 Å². The van der Waals surface area contributed by atoms with E-state index in [1.165, 1.54) is 23.5 Å². The van der Waals surface area contributed by atoms with Crippen molar-refractivity contribution in [2.75, 3.05) is 4.72 Å². The van der Waals surface area contributed by atoms with Crippen molar-refractivity contribution in [2.24, 2.45) is 0 Å². The van der Waals surface area contributed by atoms with Crippen molar-refractivity contribution in [3.63, 3.8) is 0 Å². The molecule has 0 spiro atoms. The van der Waals surface area contributed by atoms with Crippen LogP contribution >= 0.6 is 22.9 Å². The minimum atomic E-state index is -3.61. The van der Waals surface area contributed by atoms with Gasteiger partial charge in [-0.05, 0) is 25.1 Å². The quantitative estimate of drug-likeness (QED) is 0.945. The molecular formula is C10H9ClN2O2S2. The van der Waals surface area contributed by atoms with E-state index >= 15 is 0 Å². The number of benzene rings is 1. The van der Waals surface area contributed by atoms with Crippen LogP contribution in [-0.2, 0) is 10.0 Å². The highest BCUT2D eigenvalue weighted by atomic mass is 35.5. The van der Waals surface area contributed by atoms with E-state index in [4.69, 9.17) is 11.6 Å². The van der Waals surface area contributed by atoms with E-state index in [-0.39, 0.29) is 4.90 Å². The highest BCUT2D eigenvalue weighted by molar-refractivity contribution is 7.93. The highest BCUT2D eigenvalue weighted by Gasteiger charge is 2.15. The Balaban J connectivity index is 2.31. The number of thiazole rings is 1. The molecule has 0 saturated carbocycles. The molecule has 90 valence electrons. The number of nitrogens with zero attached hydrogens (tertiary/aromatic N) is 1. The summed E-state index contributed by atoms with van der Waals surface area (Å²) in [4.78, 5) is 4.16. The second-order valence-corrected chi connectivity index (χ2v) is 6.33. The van der Waals surface area contributed by atoms with E-state index in [2.05, 4.69) is 9.71 Å². The van der Waals surface area contributed by atoms with Crippen LogP contribution in [0.15, 0.2) is 34.5 Å². The smallest absolute Gasteiger partial charge is 0.255 e. The number of rotatable bonds is 3. The molecule has 0 aliphatic rings. The molecule has 2 aromatic rings. The topological polar surface area (TPSA) is 59.1 Å². The van der Waals surface area contributed by atoms with Gasteiger partial charge in [-0.2, -0.15) is 0 Å². The number of hydrogen-bond donors (Lipinski definition) is 1. The van der Waals surface area contributed by atoms with Crippen LogP contribution in [-0.4, -0.2) is 13.4 Å². The molecule has 0 atom stereocenters. The first-order valence-corrected chi connectivity index (χ1v) is 7.42. The lowest BCUT2D eigenvalue weighted by molar-refractivity contribution is 0.601. The van der Waals surface area contributed by atoms with Gasteiger partial charge in [-0.15, -0.1) is 11.3 Å². The van der Waals surface area contributed by atoms with Gasteiger partial charge in [0.2, 0.25) is 0 Å². The van der Waals surface area contributed by atoms with E-state index in [9.17, 15) is 8.42 Å². The van der Waals surface area contributed by atoms with Crippen LogP contribution in [0.4, 0.5) is 5.13 Å². The van der Waals surface area contributed by atoms with Crippen molar-refractivity contribution in [1.82, 2.24) is 4.98 Å². The predicted octanol–water partition coefficient (Wildman–Crippen LogP) is 2.91. The molecule has 0 bridgehead atoms. The molecule has 1 N–H and O–H groups in total. The fourth-order valence-corrected chi connectivity index (χ4v) is 3.45. The van der Waals surface area contributed by atoms with Crippen LogP contribution in [0.25, 0.3) is 0 Å². The minimum Gasteiger partial charge on any atom is -0.255 e. The summed E-state index contributed by atoms with van der Waals surface area (Å²) in [5.41, 5.74) is 0.777. The van der Waals surface area contributed by atoms with Crippen LogP contribution in [0.5, 0.6) is 0 Å². The number of sulfonamides is 1. The predicted molar refractivity (Wildman–Crippen MR) is 69.1 cm³/mol. The fourth-order valence-electron chi connectivity index (χ4n) is 1.21. The van der Waals surface area contributed by atoms with Crippen LogP contribution in [0, 0.1) is 6.92 Å². The summed E-state index contributed by atoms with van der Waals surface area (Å²) in [5.74, 6) is 0. The Morgan fingerprint density at radius 2 is 2.18 bits per heavy atom. The van der Waals surface area contributed by atoms with Gasteiger partial charge in [0.25, 0.3) is 10.0 Å². The number of halogens is 1. The third kappa shape index (κ3) is 2.96. The first-order chi connectivity index (χ1) is 7.97. The zero-order valence-corrected chi connectivity index (χ0v) is 11.2. The SMILES string of the molecule is Cc1csc(NS(=O)(=O)c2cccc(Cl)c2)n1. The van der Waals surface area contributed by atoms with Crippen molar-refractivity contribution in [3.05, 3.63) is 40.4 Å². The van der Waals surface area contributed by atoms with Crippen LogP contribution < -0.4 is 4.72 Å². The Morgan fingerprint density at radius 3 is 2.76 bits per heavy atom. The Labute approximate surface area is 108 Å². The van der Waals surface area contributed by atoms with Gasteiger partial charge < -0.3 is 0 Å². The average molecular weight is 289 g/mol. The van der Waals surface area contributed by atoms with Crippen LogP contribution in [0.1, 0.15) is 5.69 Å². The largest absolute Gasteiger partial charge is 0.263 e. The molecule has 0 unspecified atom stereocenters. The maximum Gasteiger partial charge on any atom is 0.263 e. The standard InChI is InChI=1S/C10H9ClN2O2S2/c1-7-6-16-10(12-7)13-17(14,15)9-4-2-3-8(11)5-9/h2-6H,1H3,(H,12,13). The molecule has 2 rings (SSSR count). The Morgan fingerprint density at radius 1 is 1.41 bits per heavy atom. The Kier molecular flexibility index (Phi) is 3.37. The third-order valence-corrected chi connectivity index (χ3v) is 4.52. The summed E-state index contributed by atoms with van der Waals surface area (Å²) in [6, 6.07) is 6.08. The van der Waals surface area contributed by atoms with Gasteiger partial charge in [-0.3, -0.25) is 4.72 Å². The van der Waals surface area contributed by atoms with Gasteiger partial charge >= 0.3 is 0 Å². The first kappa shape index (κ1) is 12.3. The summed E-state index contributed by atoms with van der Waals surface area (Å²) >= 11 is 6.99. The fraction of sp³-hybridized carbons (Fsp3) is 0.100. The second-order valence-electron chi connectivity index (χ2n) is 3.36. The molecule has 0 aliphatic heterocycles. The monoisotopic (exact) mass is 288 g/mol. The Hall–Kier alpha value is -1.11. The number of aryl methyl sites for hydroxylation is 1. The van der Waals surface area contributed by atoms with Crippen LogP contribution in [0.2, 0.25) is 5.02 Å². The number of nitrogens with one attached hydrogen (secondary N) is 1. The molecule has 17 heavy (non-hydrogen) atoms. The summed E-state index contributed by atoms with van der Waals surface area (Å²) in [5, 5.41) is 2.50. The zero-order chi connectivity index (χ0) is 12.5. The number of hydrogen-bond acceptors (Lipinski definition) is 4. The minimum absolute atomic E-state index is 0.123. The van der Waals surface area contributed by atoms with E-state index in [0.717, 1.165) is 5.69 Å². The molecule has 4 nitrogen and oxygen atoms in total. The lowest BCUT2D eigenvalue weighted by Gasteiger charge is -2.04. The molecule has 1 aromatic heterocycles. The van der Waals surface area contributed by atoms with E-state index < -0.39 is 10.0 Å². The van der Waals surface area contributed by atoms with E-state index in [1.807, 2.05) is 0 Å². The van der Waals surface area contributed by atoms with Gasteiger partial charge in [0.15, 0.2) is 5.13 Å². The molecule has 7 heteroatoms. The summed E-state index contributed by atoms with van der Waals surface area (Å²) in [7, 11) is -3.61. The maximum atomic E-state index is 12.0. The normalized spacial score (nSPS) is 11.4. The molecule has 1 heterocycles. The lowest BCUT2D eigenvalue weighted by atomic mass is 10.4. The maximum absolute atomic E-state index is 12.0. The van der Waals surface area contributed by atoms with Gasteiger partial charge in [0.1, 0.15) is 0 Å². The molecule has 0 saturated heterocycles. The number of aromatic nitrogens is 1. The summed E-state index contributed by atoms with van der Waals surface area (Å²) in [6.45, 7) is 1.80. The average Bonchev–Trinajstić information content (AvgIpc) is 2.63. The van der Waals surface area contributed by atoms with E-state index in [1.54, 1.807) is 24.4 Å². The molecular weight excluding hydrogens is 280 g/mol.